The topological polar surface area (TPSA) is 106 Å². The molecule has 3 aromatic rings. The minimum absolute atomic E-state index is 0.131. The van der Waals surface area contributed by atoms with E-state index in [9.17, 15) is 14.4 Å². The standard InChI is InChI=1S/C25H25N3O5/c1-32-22-9-5-8-20(14-22)28-24(30)17-33-21-12-10-19(11-13-21)25(31)27-16-23(29)26-15-18-6-3-2-4-7-18/h2-14H,15-17H2,1H3,(H,26,29)(H,27,31)(H,28,30). The van der Waals surface area contributed by atoms with Crippen LogP contribution in [-0.4, -0.2) is 38.0 Å². The van der Waals surface area contributed by atoms with Gasteiger partial charge in [-0.05, 0) is 42.0 Å². The zero-order chi connectivity index (χ0) is 23.5. The predicted molar refractivity (Wildman–Crippen MR) is 124 cm³/mol. The summed E-state index contributed by atoms with van der Waals surface area (Å²) in [6, 6.07) is 22.8. The number of benzene rings is 3. The maximum atomic E-state index is 12.2. The largest absolute Gasteiger partial charge is 0.497 e. The van der Waals surface area contributed by atoms with E-state index in [0.717, 1.165) is 5.56 Å². The zero-order valence-electron chi connectivity index (χ0n) is 18.2. The molecule has 0 saturated heterocycles. The van der Waals surface area contributed by atoms with Gasteiger partial charge in [0.05, 0.1) is 13.7 Å². The molecule has 8 heteroatoms. The number of nitrogens with one attached hydrogen (secondary N) is 3. The monoisotopic (exact) mass is 447 g/mol. The number of amides is 3. The molecular formula is C25H25N3O5. The molecule has 0 bridgehead atoms. The molecule has 3 N–H and O–H groups in total. The van der Waals surface area contributed by atoms with Crippen molar-refractivity contribution in [3.8, 4) is 11.5 Å². The van der Waals surface area contributed by atoms with E-state index in [2.05, 4.69) is 16.0 Å². The van der Waals surface area contributed by atoms with Crippen molar-refractivity contribution in [3.05, 3.63) is 90.0 Å². The van der Waals surface area contributed by atoms with Crippen LogP contribution in [0.25, 0.3) is 0 Å². The van der Waals surface area contributed by atoms with Crippen LogP contribution in [0.15, 0.2) is 78.9 Å². The Bertz CT molecular complexity index is 1080. The Labute approximate surface area is 191 Å². The fraction of sp³-hybridized carbons (Fsp3) is 0.160. The number of hydrogen-bond donors (Lipinski definition) is 3. The summed E-state index contributed by atoms with van der Waals surface area (Å²) in [6.07, 6.45) is 0. The van der Waals surface area contributed by atoms with Gasteiger partial charge in [0.1, 0.15) is 11.5 Å². The fourth-order valence-corrected chi connectivity index (χ4v) is 2.87. The van der Waals surface area contributed by atoms with Crippen LogP contribution in [0.2, 0.25) is 0 Å². The van der Waals surface area contributed by atoms with Crippen molar-refractivity contribution >= 4 is 23.4 Å². The molecule has 0 saturated carbocycles. The molecule has 0 aliphatic rings. The summed E-state index contributed by atoms with van der Waals surface area (Å²) in [7, 11) is 1.55. The second-order valence-corrected chi connectivity index (χ2v) is 7.04. The molecule has 8 nitrogen and oxygen atoms in total. The lowest BCUT2D eigenvalue weighted by Crippen LogP contribution is -2.36. The molecule has 3 amide bonds. The van der Waals surface area contributed by atoms with E-state index in [1.807, 2.05) is 30.3 Å². The summed E-state index contributed by atoms with van der Waals surface area (Å²) in [4.78, 5) is 36.3. The molecule has 3 rings (SSSR count). The minimum atomic E-state index is -0.382. The van der Waals surface area contributed by atoms with E-state index in [1.54, 1.807) is 55.6 Å². The first kappa shape index (κ1) is 23.3. The van der Waals surface area contributed by atoms with E-state index in [4.69, 9.17) is 9.47 Å². The quantitative estimate of drug-likeness (QED) is 0.443. The van der Waals surface area contributed by atoms with Gasteiger partial charge >= 0.3 is 0 Å². The van der Waals surface area contributed by atoms with E-state index in [1.165, 1.54) is 0 Å². The van der Waals surface area contributed by atoms with Crippen LogP contribution in [0.5, 0.6) is 11.5 Å². The first-order valence-corrected chi connectivity index (χ1v) is 10.3. The third kappa shape index (κ3) is 7.70. The van der Waals surface area contributed by atoms with Gasteiger partial charge in [-0.25, -0.2) is 0 Å². The molecule has 33 heavy (non-hydrogen) atoms. The van der Waals surface area contributed by atoms with E-state index >= 15 is 0 Å². The Morgan fingerprint density at radius 2 is 1.55 bits per heavy atom. The maximum Gasteiger partial charge on any atom is 0.262 e. The molecule has 0 fully saturated rings. The first-order chi connectivity index (χ1) is 16.0. The van der Waals surface area contributed by atoms with Crippen LogP contribution in [0, 0.1) is 0 Å². The van der Waals surface area contributed by atoms with Crippen LogP contribution in [0.4, 0.5) is 5.69 Å². The Morgan fingerprint density at radius 3 is 2.27 bits per heavy atom. The molecule has 0 spiro atoms. The average molecular weight is 447 g/mol. The van der Waals surface area contributed by atoms with Gasteiger partial charge in [-0.2, -0.15) is 0 Å². The van der Waals surface area contributed by atoms with Crippen molar-refractivity contribution in [1.82, 2.24) is 10.6 Å². The summed E-state index contributed by atoms with van der Waals surface area (Å²) < 4.78 is 10.6. The number of hydrogen-bond acceptors (Lipinski definition) is 5. The van der Waals surface area contributed by atoms with Gasteiger partial charge < -0.3 is 25.4 Å². The number of carbonyl (C=O) groups excluding carboxylic acids is 3. The Kier molecular flexibility index (Phi) is 8.41. The lowest BCUT2D eigenvalue weighted by atomic mass is 10.2. The molecule has 0 atom stereocenters. The highest BCUT2D eigenvalue weighted by Crippen LogP contribution is 2.17. The molecule has 0 radical (unpaired) electrons. The average Bonchev–Trinajstić information content (AvgIpc) is 2.85. The summed E-state index contributed by atoms with van der Waals surface area (Å²) in [6.45, 7) is 0.0751. The third-order valence-corrected chi connectivity index (χ3v) is 4.58. The predicted octanol–water partition coefficient (Wildman–Crippen LogP) is 2.76. The highest BCUT2D eigenvalue weighted by atomic mass is 16.5. The molecule has 0 aliphatic heterocycles. The lowest BCUT2D eigenvalue weighted by molar-refractivity contribution is -0.120. The van der Waals surface area contributed by atoms with Gasteiger partial charge in [0.25, 0.3) is 11.8 Å². The summed E-state index contributed by atoms with van der Waals surface area (Å²) in [5.41, 5.74) is 1.95. The SMILES string of the molecule is COc1cccc(NC(=O)COc2ccc(C(=O)NCC(=O)NCc3ccccc3)cc2)c1. The van der Waals surface area contributed by atoms with Crippen LogP contribution >= 0.6 is 0 Å². The van der Waals surface area contributed by atoms with Gasteiger partial charge in [-0.15, -0.1) is 0 Å². The summed E-state index contributed by atoms with van der Waals surface area (Å²) in [5.74, 6) is 0.0807. The van der Waals surface area contributed by atoms with Crippen LogP contribution in [0.3, 0.4) is 0 Å². The van der Waals surface area contributed by atoms with Crippen LogP contribution in [-0.2, 0) is 16.1 Å². The second kappa shape index (κ2) is 11.9. The number of anilines is 1. The number of carbonyl (C=O) groups is 3. The van der Waals surface area contributed by atoms with Crippen molar-refractivity contribution < 1.29 is 23.9 Å². The maximum absolute atomic E-state index is 12.2. The summed E-state index contributed by atoms with van der Waals surface area (Å²) in [5, 5.41) is 8.04. The highest BCUT2D eigenvalue weighted by Gasteiger charge is 2.09. The van der Waals surface area contributed by atoms with Gasteiger partial charge in [0.2, 0.25) is 5.91 Å². The van der Waals surface area contributed by atoms with E-state index < -0.39 is 0 Å². The molecule has 3 aromatic carbocycles. The first-order valence-electron chi connectivity index (χ1n) is 10.3. The highest BCUT2D eigenvalue weighted by molar-refractivity contribution is 5.96. The molecule has 0 unspecified atom stereocenters. The van der Waals surface area contributed by atoms with Gasteiger partial charge in [0.15, 0.2) is 6.61 Å². The lowest BCUT2D eigenvalue weighted by Gasteiger charge is -2.10. The zero-order valence-corrected chi connectivity index (χ0v) is 18.2. The Morgan fingerprint density at radius 1 is 0.788 bits per heavy atom. The molecule has 0 aliphatic carbocycles. The molecular weight excluding hydrogens is 422 g/mol. The van der Waals surface area contributed by atoms with Crippen LogP contribution < -0.4 is 25.4 Å². The minimum Gasteiger partial charge on any atom is -0.497 e. The molecule has 170 valence electrons. The van der Waals surface area contributed by atoms with Crippen molar-refractivity contribution in [2.24, 2.45) is 0 Å². The fourth-order valence-electron chi connectivity index (χ4n) is 2.87. The second-order valence-electron chi connectivity index (χ2n) is 7.04. The van der Waals surface area contributed by atoms with Crippen molar-refractivity contribution in [1.29, 1.82) is 0 Å². The molecule has 0 aromatic heterocycles. The van der Waals surface area contributed by atoms with Gasteiger partial charge in [0, 0.05) is 23.9 Å². The van der Waals surface area contributed by atoms with E-state index in [0.29, 0.717) is 29.3 Å². The Balaban J connectivity index is 1.40. The third-order valence-electron chi connectivity index (χ3n) is 4.58. The normalized spacial score (nSPS) is 10.1. The van der Waals surface area contributed by atoms with Crippen molar-refractivity contribution in [3.63, 3.8) is 0 Å². The van der Waals surface area contributed by atoms with Crippen molar-refractivity contribution in [2.45, 2.75) is 6.54 Å². The number of ether oxygens (including phenoxy) is 2. The van der Waals surface area contributed by atoms with E-state index in [-0.39, 0.29) is 30.9 Å². The van der Waals surface area contributed by atoms with Gasteiger partial charge in [-0.1, -0.05) is 36.4 Å². The smallest absolute Gasteiger partial charge is 0.262 e. The number of rotatable bonds is 10. The molecule has 0 heterocycles. The number of methoxy groups -OCH3 is 1. The van der Waals surface area contributed by atoms with Crippen molar-refractivity contribution in [2.75, 3.05) is 25.6 Å². The summed E-state index contributed by atoms with van der Waals surface area (Å²) >= 11 is 0. The van der Waals surface area contributed by atoms with Crippen LogP contribution in [0.1, 0.15) is 15.9 Å². The van der Waals surface area contributed by atoms with Gasteiger partial charge in [-0.3, -0.25) is 14.4 Å². The Hall–Kier alpha value is -4.33.